The van der Waals surface area contributed by atoms with E-state index in [9.17, 15) is 0 Å². The molecule has 2 atom stereocenters. The molecular formula is C14H25N5O. The van der Waals surface area contributed by atoms with E-state index in [2.05, 4.69) is 43.0 Å². The Morgan fingerprint density at radius 2 is 1.85 bits per heavy atom. The third-order valence-corrected chi connectivity index (χ3v) is 3.51. The summed E-state index contributed by atoms with van der Waals surface area (Å²) in [5.74, 6) is 8.32. The number of ether oxygens (including phenoxy) is 1. The third kappa shape index (κ3) is 3.02. The van der Waals surface area contributed by atoms with Gasteiger partial charge in [0.25, 0.3) is 0 Å². The molecule has 0 bridgehead atoms. The number of morpholine rings is 1. The highest BCUT2D eigenvalue weighted by atomic mass is 16.5. The Kier molecular flexibility index (Phi) is 4.45. The molecule has 0 aromatic carbocycles. The van der Waals surface area contributed by atoms with Crippen molar-refractivity contribution in [2.45, 2.75) is 52.7 Å². The fraction of sp³-hybridized carbons (Fsp3) is 0.714. The van der Waals surface area contributed by atoms with Crippen molar-refractivity contribution in [3.05, 3.63) is 11.4 Å². The van der Waals surface area contributed by atoms with Crippen LogP contribution in [0.3, 0.4) is 0 Å². The average molecular weight is 279 g/mol. The lowest BCUT2D eigenvalue weighted by Crippen LogP contribution is -2.46. The molecule has 1 aromatic heterocycles. The van der Waals surface area contributed by atoms with Crippen LogP contribution in [0.15, 0.2) is 0 Å². The van der Waals surface area contributed by atoms with E-state index in [1.54, 1.807) is 0 Å². The molecule has 6 nitrogen and oxygen atoms in total. The normalized spacial score (nSPS) is 23.2. The van der Waals surface area contributed by atoms with E-state index in [0.717, 1.165) is 30.3 Å². The number of nitrogens with one attached hydrogen (secondary N) is 1. The Bertz CT molecular complexity index is 467. The van der Waals surface area contributed by atoms with E-state index >= 15 is 0 Å². The van der Waals surface area contributed by atoms with Gasteiger partial charge in [-0.3, -0.25) is 0 Å². The van der Waals surface area contributed by atoms with Gasteiger partial charge in [0, 0.05) is 24.6 Å². The SMILES string of the molecule is Cc1c(NN)nc(C(C)C)nc1N1C[C@@H](C)O[C@@H](C)C1. The summed E-state index contributed by atoms with van der Waals surface area (Å²) in [4.78, 5) is 11.5. The molecular weight excluding hydrogens is 254 g/mol. The Labute approximate surface area is 120 Å². The van der Waals surface area contributed by atoms with Crippen LogP contribution in [0, 0.1) is 6.92 Å². The van der Waals surface area contributed by atoms with Crippen LogP contribution < -0.4 is 16.2 Å². The minimum absolute atomic E-state index is 0.199. The fourth-order valence-corrected chi connectivity index (χ4v) is 2.58. The van der Waals surface area contributed by atoms with Gasteiger partial charge in [0.2, 0.25) is 0 Å². The van der Waals surface area contributed by atoms with Gasteiger partial charge < -0.3 is 15.1 Å². The number of aromatic nitrogens is 2. The number of hydrazine groups is 1. The second kappa shape index (κ2) is 5.93. The summed E-state index contributed by atoms with van der Waals surface area (Å²) in [6.45, 7) is 12.0. The van der Waals surface area contributed by atoms with Crippen molar-refractivity contribution in [1.82, 2.24) is 9.97 Å². The zero-order chi connectivity index (χ0) is 14.9. The molecule has 2 heterocycles. The van der Waals surface area contributed by atoms with Gasteiger partial charge in [0.1, 0.15) is 17.5 Å². The monoisotopic (exact) mass is 279 g/mol. The molecule has 1 saturated heterocycles. The first kappa shape index (κ1) is 15.0. The molecule has 3 N–H and O–H groups in total. The highest BCUT2D eigenvalue weighted by Gasteiger charge is 2.26. The number of rotatable bonds is 3. The van der Waals surface area contributed by atoms with Crippen LogP contribution >= 0.6 is 0 Å². The Balaban J connectivity index is 2.41. The lowest BCUT2D eigenvalue weighted by atomic mass is 10.1. The highest BCUT2D eigenvalue weighted by Crippen LogP contribution is 2.27. The van der Waals surface area contributed by atoms with Gasteiger partial charge in [0.15, 0.2) is 0 Å². The van der Waals surface area contributed by atoms with Crippen LogP contribution in [0.2, 0.25) is 0 Å². The van der Waals surface area contributed by atoms with E-state index in [-0.39, 0.29) is 18.1 Å². The molecule has 2 rings (SSSR count). The van der Waals surface area contributed by atoms with Crippen LogP contribution in [-0.4, -0.2) is 35.3 Å². The highest BCUT2D eigenvalue weighted by molar-refractivity contribution is 5.58. The zero-order valence-electron chi connectivity index (χ0n) is 13.0. The first-order chi connectivity index (χ1) is 9.42. The maximum absolute atomic E-state index is 5.79. The largest absolute Gasteiger partial charge is 0.372 e. The van der Waals surface area contributed by atoms with Gasteiger partial charge in [-0.05, 0) is 20.8 Å². The van der Waals surface area contributed by atoms with Crippen LogP contribution in [-0.2, 0) is 4.74 Å². The molecule has 0 radical (unpaired) electrons. The summed E-state index contributed by atoms with van der Waals surface area (Å²) in [5, 5.41) is 0. The molecule has 0 unspecified atom stereocenters. The van der Waals surface area contributed by atoms with Crippen molar-refractivity contribution in [3.63, 3.8) is 0 Å². The van der Waals surface area contributed by atoms with E-state index in [1.807, 2.05) is 6.92 Å². The maximum atomic E-state index is 5.79. The first-order valence-electron chi connectivity index (χ1n) is 7.18. The van der Waals surface area contributed by atoms with Gasteiger partial charge in [-0.25, -0.2) is 15.8 Å². The van der Waals surface area contributed by atoms with Gasteiger partial charge in [-0.2, -0.15) is 0 Å². The van der Waals surface area contributed by atoms with Crippen molar-refractivity contribution >= 4 is 11.6 Å². The van der Waals surface area contributed by atoms with Crippen LogP contribution in [0.1, 0.15) is 45.0 Å². The Morgan fingerprint density at radius 1 is 1.25 bits per heavy atom. The van der Waals surface area contributed by atoms with Crippen LogP contribution in [0.4, 0.5) is 11.6 Å². The second-order valence-corrected chi connectivity index (χ2v) is 5.84. The lowest BCUT2D eigenvalue weighted by molar-refractivity contribution is -0.00550. The van der Waals surface area contributed by atoms with Gasteiger partial charge >= 0.3 is 0 Å². The molecule has 0 spiro atoms. The van der Waals surface area contributed by atoms with Crippen molar-refractivity contribution in [3.8, 4) is 0 Å². The number of nitrogens with zero attached hydrogens (tertiary/aromatic N) is 3. The van der Waals surface area contributed by atoms with E-state index in [4.69, 9.17) is 15.6 Å². The maximum Gasteiger partial charge on any atom is 0.148 e. The number of nitrogens with two attached hydrogens (primary N) is 1. The van der Waals surface area contributed by atoms with E-state index in [1.165, 1.54) is 0 Å². The molecule has 1 aliphatic heterocycles. The molecule has 1 fully saturated rings. The smallest absolute Gasteiger partial charge is 0.148 e. The summed E-state index contributed by atoms with van der Waals surface area (Å²) < 4.78 is 5.79. The minimum atomic E-state index is 0.199. The first-order valence-corrected chi connectivity index (χ1v) is 7.18. The minimum Gasteiger partial charge on any atom is -0.372 e. The molecule has 112 valence electrons. The summed E-state index contributed by atoms with van der Waals surface area (Å²) in [5.41, 5.74) is 3.67. The lowest BCUT2D eigenvalue weighted by Gasteiger charge is -2.37. The molecule has 1 aliphatic rings. The summed E-state index contributed by atoms with van der Waals surface area (Å²) in [6.07, 6.45) is 0.398. The third-order valence-electron chi connectivity index (χ3n) is 3.51. The summed E-state index contributed by atoms with van der Waals surface area (Å²) in [7, 11) is 0. The van der Waals surface area contributed by atoms with E-state index < -0.39 is 0 Å². The topological polar surface area (TPSA) is 76.3 Å². The molecule has 1 aromatic rings. The van der Waals surface area contributed by atoms with Crippen LogP contribution in [0.5, 0.6) is 0 Å². The molecule has 0 amide bonds. The fourth-order valence-electron chi connectivity index (χ4n) is 2.58. The van der Waals surface area contributed by atoms with Crippen molar-refractivity contribution < 1.29 is 4.74 Å². The summed E-state index contributed by atoms with van der Waals surface area (Å²) >= 11 is 0. The molecule has 0 aliphatic carbocycles. The Hall–Kier alpha value is -1.40. The summed E-state index contributed by atoms with van der Waals surface area (Å²) in [6, 6.07) is 0. The molecule has 20 heavy (non-hydrogen) atoms. The number of nitrogen functional groups attached to an aromatic ring is 1. The quantitative estimate of drug-likeness (QED) is 0.649. The van der Waals surface area contributed by atoms with Crippen molar-refractivity contribution in [1.29, 1.82) is 0 Å². The molecule has 6 heteroatoms. The van der Waals surface area contributed by atoms with Crippen molar-refractivity contribution in [2.24, 2.45) is 5.84 Å². The van der Waals surface area contributed by atoms with Gasteiger partial charge in [-0.1, -0.05) is 13.8 Å². The van der Waals surface area contributed by atoms with Crippen molar-refractivity contribution in [2.75, 3.05) is 23.4 Å². The number of hydrogen-bond donors (Lipinski definition) is 2. The average Bonchev–Trinajstić information content (AvgIpc) is 2.37. The zero-order valence-corrected chi connectivity index (χ0v) is 13.0. The predicted octanol–water partition coefficient (Wildman–Crippen LogP) is 1.81. The number of anilines is 2. The van der Waals surface area contributed by atoms with Crippen LogP contribution in [0.25, 0.3) is 0 Å². The second-order valence-electron chi connectivity index (χ2n) is 5.84. The van der Waals surface area contributed by atoms with E-state index in [0.29, 0.717) is 5.82 Å². The van der Waals surface area contributed by atoms with Gasteiger partial charge in [0.05, 0.1) is 12.2 Å². The standard InChI is InChI=1S/C14H25N5O/c1-8(2)12-16-13(18-15)11(5)14(17-12)19-6-9(3)20-10(4)7-19/h8-10H,6-7,15H2,1-5H3,(H,16,17,18)/t9-,10+. The molecule has 0 saturated carbocycles. The van der Waals surface area contributed by atoms with Gasteiger partial charge in [-0.15, -0.1) is 0 Å². The Morgan fingerprint density at radius 3 is 2.35 bits per heavy atom. The number of hydrogen-bond acceptors (Lipinski definition) is 6. The predicted molar refractivity (Wildman–Crippen MR) is 80.9 cm³/mol.